The molecule has 0 atom stereocenters. The van der Waals surface area contributed by atoms with Crippen LogP contribution in [-0.2, 0) is 11.2 Å². The molecule has 2 heterocycles. The van der Waals surface area contributed by atoms with Gasteiger partial charge in [-0.05, 0) is 65.2 Å². The Labute approximate surface area is 154 Å². The molecule has 3 rings (SSSR count). The van der Waals surface area contributed by atoms with Crippen LogP contribution < -0.4 is 10.6 Å². The van der Waals surface area contributed by atoms with Crippen LogP contribution in [0.25, 0.3) is 11.0 Å². The van der Waals surface area contributed by atoms with Crippen molar-refractivity contribution < 1.29 is 9.21 Å². The minimum Gasteiger partial charge on any atom is -0.464 e. The SMILES string of the molecule is Cc1cc2occ(CC(=O)NC3CC(C)(C)NC(C)(C)C3)c2cc1Cl. The lowest BCUT2D eigenvalue weighted by Crippen LogP contribution is -2.62. The molecule has 1 amide bonds. The van der Waals surface area contributed by atoms with Gasteiger partial charge in [0.25, 0.3) is 0 Å². The molecule has 0 spiro atoms. The van der Waals surface area contributed by atoms with Crippen molar-refractivity contribution in [2.75, 3.05) is 0 Å². The van der Waals surface area contributed by atoms with Crippen molar-refractivity contribution in [2.24, 2.45) is 0 Å². The minimum absolute atomic E-state index is 0.00703. The van der Waals surface area contributed by atoms with Gasteiger partial charge in [-0.15, -0.1) is 0 Å². The van der Waals surface area contributed by atoms with Gasteiger partial charge in [0.05, 0.1) is 12.7 Å². The number of aryl methyl sites for hydroxylation is 1. The first-order chi connectivity index (χ1) is 11.5. The Kier molecular flexibility index (Phi) is 4.63. The summed E-state index contributed by atoms with van der Waals surface area (Å²) in [7, 11) is 0. The van der Waals surface area contributed by atoms with Gasteiger partial charge >= 0.3 is 0 Å². The molecule has 4 nitrogen and oxygen atoms in total. The van der Waals surface area contributed by atoms with E-state index in [4.69, 9.17) is 16.0 Å². The quantitative estimate of drug-likeness (QED) is 0.852. The highest BCUT2D eigenvalue weighted by molar-refractivity contribution is 6.32. The Hall–Kier alpha value is -1.52. The molecule has 0 bridgehead atoms. The molecular weight excluding hydrogens is 336 g/mol. The highest BCUT2D eigenvalue weighted by Crippen LogP contribution is 2.30. The smallest absolute Gasteiger partial charge is 0.224 e. The highest BCUT2D eigenvalue weighted by atomic mass is 35.5. The van der Waals surface area contributed by atoms with E-state index in [1.54, 1.807) is 6.26 Å². The maximum absolute atomic E-state index is 12.6. The summed E-state index contributed by atoms with van der Waals surface area (Å²) in [5.41, 5.74) is 2.63. The number of nitrogens with one attached hydrogen (secondary N) is 2. The van der Waals surface area contributed by atoms with Crippen molar-refractivity contribution in [3.8, 4) is 0 Å². The van der Waals surface area contributed by atoms with Crippen molar-refractivity contribution in [1.82, 2.24) is 10.6 Å². The average Bonchev–Trinajstić information content (AvgIpc) is 2.78. The monoisotopic (exact) mass is 362 g/mol. The topological polar surface area (TPSA) is 54.3 Å². The summed E-state index contributed by atoms with van der Waals surface area (Å²) in [5.74, 6) is 0.0258. The molecular formula is C20H27ClN2O2. The summed E-state index contributed by atoms with van der Waals surface area (Å²) < 4.78 is 5.59. The average molecular weight is 363 g/mol. The van der Waals surface area contributed by atoms with Gasteiger partial charge in [0, 0.05) is 33.1 Å². The van der Waals surface area contributed by atoms with Gasteiger partial charge in [-0.2, -0.15) is 0 Å². The largest absolute Gasteiger partial charge is 0.464 e. The van der Waals surface area contributed by atoms with Gasteiger partial charge in [-0.3, -0.25) is 4.79 Å². The fourth-order valence-corrected chi connectivity index (χ4v) is 4.38. The molecule has 2 N–H and O–H groups in total. The number of benzene rings is 1. The van der Waals surface area contributed by atoms with Crippen molar-refractivity contribution in [3.63, 3.8) is 0 Å². The van der Waals surface area contributed by atoms with Gasteiger partial charge in [-0.1, -0.05) is 11.6 Å². The fraction of sp³-hybridized carbons (Fsp3) is 0.550. The van der Waals surface area contributed by atoms with Crippen molar-refractivity contribution >= 4 is 28.5 Å². The van der Waals surface area contributed by atoms with Gasteiger partial charge in [0.1, 0.15) is 5.58 Å². The molecule has 5 heteroatoms. The van der Waals surface area contributed by atoms with Crippen LogP contribution in [0.4, 0.5) is 0 Å². The van der Waals surface area contributed by atoms with E-state index in [-0.39, 0.29) is 23.0 Å². The van der Waals surface area contributed by atoms with E-state index >= 15 is 0 Å². The Morgan fingerprint density at radius 1 is 1.28 bits per heavy atom. The van der Waals surface area contributed by atoms with Crippen LogP contribution in [0.15, 0.2) is 22.8 Å². The molecule has 1 aliphatic rings. The maximum atomic E-state index is 12.6. The number of furan rings is 1. The van der Waals surface area contributed by atoms with Crippen LogP contribution in [0.5, 0.6) is 0 Å². The van der Waals surface area contributed by atoms with Gasteiger partial charge in [0.15, 0.2) is 0 Å². The highest BCUT2D eigenvalue weighted by Gasteiger charge is 2.38. The van der Waals surface area contributed by atoms with Crippen LogP contribution in [0, 0.1) is 6.92 Å². The first kappa shape index (κ1) is 18.3. The Morgan fingerprint density at radius 2 is 1.92 bits per heavy atom. The van der Waals surface area contributed by atoms with E-state index in [9.17, 15) is 4.79 Å². The van der Waals surface area contributed by atoms with E-state index in [0.717, 1.165) is 34.9 Å². The van der Waals surface area contributed by atoms with Crippen molar-refractivity contribution in [1.29, 1.82) is 0 Å². The van der Waals surface area contributed by atoms with Crippen LogP contribution in [-0.4, -0.2) is 23.0 Å². The lowest BCUT2D eigenvalue weighted by Gasteiger charge is -2.46. The predicted molar refractivity (Wildman–Crippen MR) is 102 cm³/mol. The second-order valence-electron chi connectivity index (χ2n) is 8.60. The second kappa shape index (κ2) is 6.33. The summed E-state index contributed by atoms with van der Waals surface area (Å²) in [6.07, 6.45) is 3.80. The molecule has 0 unspecified atom stereocenters. The number of carbonyl (C=O) groups excluding carboxylic acids is 1. The number of piperidine rings is 1. The number of hydrogen-bond acceptors (Lipinski definition) is 3. The van der Waals surface area contributed by atoms with E-state index in [1.807, 2.05) is 19.1 Å². The van der Waals surface area contributed by atoms with E-state index in [1.165, 1.54) is 0 Å². The van der Waals surface area contributed by atoms with E-state index in [2.05, 4.69) is 38.3 Å². The summed E-state index contributed by atoms with van der Waals surface area (Å²) in [5, 5.41) is 8.45. The maximum Gasteiger partial charge on any atom is 0.224 e. The number of rotatable bonds is 3. The molecule has 1 aliphatic heterocycles. The molecule has 0 aliphatic carbocycles. The Balaban J connectivity index is 1.72. The number of hydrogen-bond donors (Lipinski definition) is 2. The third-order valence-electron chi connectivity index (χ3n) is 4.84. The third-order valence-corrected chi connectivity index (χ3v) is 5.25. The zero-order valence-electron chi connectivity index (χ0n) is 15.6. The van der Waals surface area contributed by atoms with E-state index < -0.39 is 0 Å². The van der Waals surface area contributed by atoms with Gasteiger partial charge in [0.2, 0.25) is 5.91 Å². The zero-order valence-corrected chi connectivity index (χ0v) is 16.4. The molecule has 136 valence electrons. The molecule has 1 saturated heterocycles. The van der Waals surface area contributed by atoms with Crippen molar-refractivity contribution in [2.45, 2.75) is 71.0 Å². The van der Waals surface area contributed by atoms with Crippen LogP contribution in [0.1, 0.15) is 51.7 Å². The van der Waals surface area contributed by atoms with Gasteiger partial charge < -0.3 is 15.1 Å². The molecule has 25 heavy (non-hydrogen) atoms. The third kappa shape index (κ3) is 4.18. The first-order valence-corrected chi connectivity index (χ1v) is 9.17. The molecule has 0 saturated carbocycles. The number of amides is 1. The number of fused-ring (bicyclic) bond motifs is 1. The Morgan fingerprint density at radius 3 is 2.56 bits per heavy atom. The van der Waals surface area contributed by atoms with Crippen LogP contribution >= 0.6 is 11.6 Å². The van der Waals surface area contributed by atoms with Crippen molar-refractivity contribution in [3.05, 3.63) is 34.5 Å². The Bertz CT molecular complexity index is 791. The molecule has 2 aromatic rings. The molecule has 1 fully saturated rings. The zero-order chi connectivity index (χ0) is 18.4. The summed E-state index contributed by atoms with van der Waals surface area (Å²) >= 11 is 6.22. The van der Waals surface area contributed by atoms with Crippen LogP contribution in [0.3, 0.4) is 0 Å². The standard InChI is InChI=1S/C20H27ClN2O2/c1-12-6-17-15(8-16(12)21)13(11-25-17)7-18(24)22-14-9-19(2,3)23-20(4,5)10-14/h6,8,11,14,23H,7,9-10H2,1-5H3,(H,22,24). The number of halogens is 1. The lowest BCUT2D eigenvalue weighted by molar-refractivity contribution is -0.121. The summed E-state index contributed by atoms with van der Waals surface area (Å²) in [6, 6.07) is 3.97. The van der Waals surface area contributed by atoms with E-state index in [0.29, 0.717) is 11.4 Å². The normalized spacial score (nSPS) is 19.9. The molecule has 0 radical (unpaired) electrons. The summed E-state index contributed by atoms with van der Waals surface area (Å²) in [6.45, 7) is 10.7. The molecule has 1 aromatic carbocycles. The molecule has 1 aromatic heterocycles. The fourth-order valence-electron chi connectivity index (χ4n) is 4.21. The first-order valence-electron chi connectivity index (χ1n) is 8.80. The minimum atomic E-state index is 0.00703. The summed E-state index contributed by atoms with van der Waals surface area (Å²) in [4.78, 5) is 12.6. The number of carbonyl (C=O) groups is 1. The lowest BCUT2D eigenvalue weighted by atomic mass is 9.79. The predicted octanol–water partition coefficient (Wildman–Crippen LogP) is 4.36. The second-order valence-corrected chi connectivity index (χ2v) is 9.01. The van der Waals surface area contributed by atoms with Crippen LogP contribution in [0.2, 0.25) is 5.02 Å². The van der Waals surface area contributed by atoms with Gasteiger partial charge in [-0.25, -0.2) is 0 Å².